The lowest BCUT2D eigenvalue weighted by molar-refractivity contribution is -0.119. The molecule has 0 N–H and O–H groups in total. The van der Waals surface area contributed by atoms with Gasteiger partial charge < -0.3 is 9.47 Å². The second-order valence-electron chi connectivity index (χ2n) is 5.15. The summed E-state index contributed by atoms with van der Waals surface area (Å²) in [4.78, 5) is 26.6. The number of hydrogen-bond acceptors (Lipinski definition) is 4. The number of carbonyl (C=O) groups is 2. The van der Waals surface area contributed by atoms with Crippen molar-refractivity contribution in [3.05, 3.63) is 58.1 Å². The molecule has 0 aromatic heterocycles. The highest BCUT2D eigenvalue weighted by Gasteiger charge is 2.41. The third kappa shape index (κ3) is 2.86. The van der Waals surface area contributed by atoms with Gasteiger partial charge in [0.1, 0.15) is 16.5 Å². The summed E-state index contributed by atoms with van der Waals surface area (Å²) in [5, 5.41) is 0.176. The quantitative estimate of drug-likeness (QED) is 0.758. The molecule has 0 atom stereocenters. The third-order valence-electron chi connectivity index (χ3n) is 3.79. The Kier molecular flexibility index (Phi) is 4.70. The lowest BCUT2D eigenvalue weighted by Gasteiger charge is -2.18. The topological polar surface area (TPSA) is 55.8 Å². The van der Waals surface area contributed by atoms with Gasteiger partial charge >= 0.3 is 0 Å². The molecule has 5 nitrogen and oxygen atoms in total. The predicted octanol–water partition coefficient (Wildman–Crippen LogP) is 3.88. The summed E-state index contributed by atoms with van der Waals surface area (Å²) in [5.41, 5.74) is 0.746. The monoisotopic (exact) mass is 377 g/mol. The van der Waals surface area contributed by atoms with Gasteiger partial charge in [0.05, 0.1) is 25.5 Å². The number of anilines is 1. The van der Waals surface area contributed by atoms with E-state index in [0.29, 0.717) is 22.1 Å². The Morgan fingerprint density at radius 3 is 2.24 bits per heavy atom. The molecule has 7 heteroatoms. The fourth-order valence-corrected chi connectivity index (χ4v) is 3.08. The first-order valence-corrected chi connectivity index (χ1v) is 8.00. The van der Waals surface area contributed by atoms with E-state index >= 15 is 0 Å². The number of nitrogens with zero attached hydrogens (tertiary/aromatic N) is 1. The molecule has 2 aromatic rings. The lowest BCUT2D eigenvalue weighted by atomic mass is 10.0. The zero-order valence-electron chi connectivity index (χ0n) is 13.4. The number of para-hydroxylation sites is 1. The van der Waals surface area contributed by atoms with Crippen LogP contribution in [0.3, 0.4) is 0 Å². The van der Waals surface area contributed by atoms with E-state index in [0.717, 1.165) is 4.90 Å². The van der Waals surface area contributed by atoms with Crippen molar-refractivity contribution in [2.24, 2.45) is 0 Å². The van der Waals surface area contributed by atoms with E-state index in [4.69, 9.17) is 32.7 Å². The summed E-state index contributed by atoms with van der Waals surface area (Å²) < 4.78 is 10.5. The zero-order chi connectivity index (χ0) is 18.1. The van der Waals surface area contributed by atoms with Crippen molar-refractivity contribution in [1.82, 2.24) is 0 Å². The fourth-order valence-electron chi connectivity index (χ4n) is 2.64. The molecule has 0 bridgehead atoms. The number of methoxy groups -OCH3 is 2. The first kappa shape index (κ1) is 17.3. The first-order valence-electron chi connectivity index (χ1n) is 7.25. The maximum absolute atomic E-state index is 13.0. The molecule has 0 fully saturated rings. The van der Waals surface area contributed by atoms with E-state index in [1.54, 1.807) is 36.4 Å². The van der Waals surface area contributed by atoms with Crippen LogP contribution in [0, 0.1) is 0 Å². The maximum atomic E-state index is 13.0. The van der Waals surface area contributed by atoms with Crippen LogP contribution in [-0.2, 0) is 9.59 Å². The van der Waals surface area contributed by atoms with Crippen molar-refractivity contribution in [3.63, 3.8) is 0 Å². The van der Waals surface area contributed by atoms with Gasteiger partial charge in [-0.25, -0.2) is 4.90 Å². The Hall–Kier alpha value is -2.50. The number of ether oxygens (including phenoxy) is 2. The number of carbonyl (C=O) groups excluding carboxylic acids is 2. The summed E-state index contributed by atoms with van der Waals surface area (Å²) >= 11 is 12.2. The van der Waals surface area contributed by atoms with Crippen molar-refractivity contribution >= 4 is 46.3 Å². The standard InChI is InChI=1S/C18H13Cl2NO4/c1-24-13-6-4-3-5-11(13)15-16(20)18(23)21(17(15)22)12-9-10(19)7-8-14(12)25-2/h3-9H,1-2H3. The van der Waals surface area contributed by atoms with Gasteiger partial charge in [-0.2, -0.15) is 0 Å². The summed E-state index contributed by atoms with van der Waals surface area (Å²) in [5.74, 6) is -0.443. The molecular formula is C18H13Cl2NO4. The van der Waals surface area contributed by atoms with E-state index in [1.165, 1.54) is 20.3 Å². The lowest BCUT2D eigenvalue weighted by Crippen LogP contribution is -2.31. The van der Waals surface area contributed by atoms with E-state index < -0.39 is 11.8 Å². The van der Waals surface area contributed by atoms with Crippen LogP contribution in [0.1, 0.15) is 5.56 Å². The summed E-state index contributed by atoms with van der Waals surface area (Å²) in [6.45, 7) is 0. The van der Waals surface area contributed by atoms with E-state index in [9.17, 15) is 9.59 Å². The molecule has 1 aliphatic heterocycles. The predicted molar refractivity (Wildman–Crippen MR) is 96.3 cm³/mol. The van der Waals surface area contributed by atoms with Gasteiger partial charge in [-0.1, -0.05) is 41.4 Å². The number of hydrogen-bond donors (Lipinski definition) is 0. The molecular weight excluding hydrogens is 365 g/mol. The molecule has 2 aromatic carbocycles. The van der Waals surface area contributed by atoms with Crippen molar-refractivity contribution in [2.45, 2.75) is 0 Å². The van der Waals surface area contributed by atoms with Gasteiger partial charge in [0.15, 0.2) is 0 Å². The molecule has 0 saturated carbocycles. The highest BCUT2D eigenvalue weighted by atomic mass is 35.5. The number of benzene rings is 2. The summed E-state index contributed by atoms with van der Waals surface area (Å²) in [7, 11) is 2.92. The Bertz CT molecular complexity index is 908. The Balaban J connectivity index is 2.14. The van der Waals surface area contributed by atoms with Crippen LogP contribution in [0.25, 0.3) is 5.57 Å². The molecule has 1 heterocycles. The van der Waals surface area contributed by atoms with Gasteiger partial charge in [-0.15, -0.1) is 0 Å². The van der Waals surface area contributed by atoms with Gasteiger partial charge in [0.25, 0.3) is 11.8 Å². The third-order valence-corrected chi connectivity index (χ3v) is 4.37. The second-order valence-corrected chi connectivity index (χ2v) is 5.97. The maximum Gasteiger partial charge on any atom is 0.277 e. The van der Waals surface area contributed by atoms with Crippen molar-refractivity contribution in [2.75, 3.05) is 19.1 Å². The van der Waals surface area contributed by atoms with Crippen molar-refractivity contribution in [3.8, 4) is 11.5 Å². The van der Waals surface area contributed by atoms with E-state index in [2.05, 4.69) is 0 Å². The minimum absolute atomic E-state index is 0.0751. The molecule has 0 spiro atoms. The Morgan fingerprint density at radius 1 is 0.880 bits per heavy atom. The van der Waals surface area contributed by atoms with Gasteiger partial charge in [0.2, 0.25) is 0 Å². The molecule has 2 amide bonds. The highest BCUT2D eigenvalue weighted by molar-refractivity contribution is 6.60. The number of halogens is 2. The summed E-state index contributed by atoms with van der Waals surface area (Å²) in [6, 6.07) is 11.5. The first-order chi connectivity index (χ1) is 12.0. The minimum Gasteiger partial charge on any atom is -0.496 e. The molecule has 0 unspecified atom stereocenters. The van der Waals surface area contributed by atoms with Crippen LogP contribution in [0.5, 0.6) is 11.5 Å². The van der Waals surface area contributed by atoms with Crippen LogP contribution in [0.4, 0.5) is 5.69 Å². The smallest absolute Gasteiger partial charge is 0.277 e. The van der Waals surface area contributed by atoms with Crippen LogP contribution in [0.2, 0.25) is 5.02 Å². The van der Waals surface area contributed by atoms with Crippen molar-refractivity contribution in [1.29, 1.82) is 0 Å². The average Bonchev–Trinajstić information content (AvgIpc) is 2.84. The van der Waals surface area contributed by atoms with Crippen molar-refractivity contribution < 1.29 is 19.1 Å². The minimum atomic E-state index is -0.645. The highest BCUT2D eigenvalue weighted by Crippen LogP contribution is 2.41. The average molecular weight is 378 g/mol. The number of rotatable bonds is 4. The fraction of sp³-hybridized carbons (Fsp3) is 0.111. The number of amides is 2. The summed E-state index contributed by atoms with van der Waals surface area (Å²) in [6.07, 6.45) is 0. The SMILES string of the molecule is COc1ccccc1C1=C(Cl)C(=O)N(c2cc(Cl)ccc2OC)C1=O. The Morgan fingerprint density at radius 2 is 1.56 bits per heavy atom. The van der Waals surface area contributed by atoms with Crippen LogP contribution >= 0.6 is 23.2 Å². The molecule has 128 valence electrons. The molecule has 25 heavy (non-hydrogen) atoms. The molecule has 0 radical (unpaired) electrons. The van der Waals surface area contributed by atoms with Gasteiger partial charge in [0, 0.05) is 10.6 Å². The van der Waals surface area contributed by atoms with Crippen LogP contribution in [0.15, 0.2) is 47.5 Å². The largest absolute Gasteiger partial charge is 0.496 e. The molecule has 3 rings (SSSR count). The molecule has 0 aliphatic carbocycles. The van der Waals surface area contributed by atoms with Gasteiger partial charge in [-0.05, 0) is 24.3 Å². The van der Waals surface area contributed by atoms with E-state index in [-0.39, 0.29) is 16.3 Å². The Labute approximate surface area is 154 Å². The zero-order valence-corrected chi connectivity index (χ0v) is 14.9. The normalized spacial score (nSPS) is 14.3. The molecule has 1 aliphatic rings. The second kappa shape index (κ2) is 6.78. The van der Waals surface area contributed by atoms with Crippen LogP contribution in [-0.4, -0.2) is 26.0 Å². The number of imide groups is 1. The van der Waals surface area contributed by atoms with Gasteiger partial charge in [-0.3, -0.25) is 9.59 Å². The van der Waals surface area contributed by atoms with Crippen LogP contribution < -0.4 is 14.4 Å². The van der Waals surface area contributed by atoms with E-state index in [1.807, 2.05) is 0 Å². The molecule has 0 saturated heterocycles.